The quantitative estimate of drug-likeness (QED) is 0.888. The van der Waals surface area contributed by atoms with Crippen molar-refractivity contribution < 1.29 is 0 Å². The number of nitrogens with one attached hydrogen (secondary N) is 1. The Morgan fingerprint density at radius 3 is 2.29 bits per heavy atom. The minimum absolute atomic E-state index is 0.171. The highest BCUT2D eigenvalue weighted by molar-refractivity contribution is 5.55. The standard InChI is InChI=1S/C19H32N2/c1-14-9-15(2)13-21(12-14)18-8-7-17(10-16(18)3)11-20-19(4,5)6/h7-8,10,14-15,20H,9,11-13H2,1-6H3. The summed E-state index contributed by atoms with van der Waals surface area (Å²) in [5, 5.41) is 3.56. The Bertz CT molecular complexity index is 463. The summed E-state index contributed by atoms with van der Waals surface area (Å²) in [7, 11) is 0. The lowest BCUT2D eigenvalue weighted by Crippen LogP contribution is -2.39. The highest BCUT2D eigenvalue weighted by Crippen LogP contribution is 2.29. The van der Waals surface area contributed by atoms with E-state index in [1.54, 1.807) is 0 Å². The van der Waals surface area contributed by atoms with Crippen LogP contribution >= 0.6 is 0 Å². The predicted molar refractivity (Wildman–Crippen MR) is 92.9 cm³/mol. The number of hydrogen-bond donors (Lipinski definition) is 1. The van der Waals surface area contributed by atoms with Crippen LogP contribution < -0.4 is 10.2 Å². The number of aryl methyl sites for hydroxylation is 1. The summed E-state index contributed by atoms with van der Waals surface area (Å²) in [6.45, 7) is 17.0. The first-order valence-electron chi connectivity index (χ1n) is 8.34. The third-order valence-electron chi connectivity index (χ3n) is 4.29. The van der Waals surface area contributed by atoms with Gasteiger partial charge in [0.1, 0.15) is 0 Å². The molecule has 0 spiro atoms. The summed E-state index contributed by atoms with van der Waals surface area (Å²) < 4.78 is 0. The third-order valence-corrected chi connectivity index (χ3v) is 4.29. The molecule has 1 fully saturated rings. The molecular weight excluding hydrogens is 256 g/mol. The molecule has 118 valence electrons. The molecule has 0 bridgehead atoms. The van der Waals surface area contributed by atoms with Gasteiger partial charge < -0.3 is 10.2 Å². The zero-order valence-corrected chi connectivity index (χ0v) is 14.7. The molecular formula is C19H32N2. The van der Waals surface area contributed by atoms with Gasteiger partial charge in [0.05, 0.1) is 0 Å². The molecule has 1 aliphatic rings. The Labute approximate surface area is 130 Å². The first kappa shape index (κ1) is 16.4. The summed E-state index contributed by atoms with van der Waals surface area (Å²) in [5.74, 6) is 1.60. The molecule has 0 aromatic heterocycles. The lowest BCUT2D eigenvalue weighted by atomic mass is 9.91. The lowest BCUT2D eigenvalue weighted by molar-refractivity contribution is 0.356. The van der Waals surface area contributed by atoms with Crippen molar-refractivity contribution in [1.82, 2.24) is 5.32 Å². The summed E-state index contributed by atoms with van der Waals surface area (Å²) in [6, 6.07) is 6.95. The first-order chi connectivity index (χ1) is 9.74. The second kappa shape index (κ2) is 6.39. The zero-order valence-electron chi connectivity index (χ0n) is 14.7. The number of piperidine rings is 1. The monoisotopic (exact) mass is 288 g/mol. The van der Waals surface area contributed by atoms with E-state index in [4.69, 9.17) is 0 Å². The van der Waals surface area contributed by atoms with Gasteiger partial charge in [-0.25, -0.2) is 0 Å². The van der Waals surface area contributed by atoms with E-state index < -0.39 is 0 Å². The Morgan fingerprint density at radius 2 is 1.76 bits per heavy atom. The van der Waals surface area contributed by atoms with Crippen molar-refractivity contribution in [3.05, 3.63) is 29.3 Å². The first-order valence-corrected chi connectivity index (χ1v) is 8.34. The van der Waals surface area contributed by atoms with Crippen molar-refractivity contribution in [3.63, 3.8) is 0 Å². The molecule has 0 amide bonds. The molecule has 2 rings (SSSR count). The van der Waals surface area contributed by atoms with Crippen LogP contribution in [0.3, 0.4) is 0 Å². The second-order valence-electron chi connectivity index (χ2n) is 8.08. The van der Waals surface area contributed by atoms with E-state index in [1.807, 2.05) is 0 Å². The van der Waals surface area contributed by atoms with E-state index in [9.17, 15) is 0 Å². The van der Waals surface area contributed by atoms with Crippen molar-refractivity contribution >= 4 is 5.69 Å². The molecule has 2 nitrogen and oxygen atoms in total. The molecule has 1 aliphatic heterocycles. The molecule has 21 heavy (non-hydrogen) atoms. The van der Waals surface area contributed by atoms with E-state index in [0.29, 0.717) is 0 Å². The van der Waals surface area contributed by atoms with Crippen molar-refractivity contribution in [3.8, 4) is 0 Å². The maximum Gasteiger partial charge on any atom is 0.0396 e. The second-order valence-corrected chi connectivity index (χ2v) is 8.08. The molecule has 2 unspecified atom stereocenters. The third kappa shape index (κ3) is 4.74. The summed E-state index contributed by atoms with van der Waals surface area (Å²) in [6.07, 6.45) is 1.36. The number of hydrogen-bond acceptors (Lipinski definition) is 2. The van der Waals surface area contributed by atoms with Gasteiger partial charge >= 0.3 is 0 Å². The van der Waals surface area contributed by atoms with E-state index in [2.05, 4.69) is 70.0 Å². The van der Waals surface area contributed by atoms with Crippen molar-refractivity contribution in [1.29, 1.82) is 0 Å². The van der Waals surface area contributed by atoms with Crippen LogP contribution in [0.2, 0.25) is 0 Å². The fourth-order valence-corrected chi connectivity index (χ4v) is 3.41. The normalized spacial score (nSPS) is 23.4. The van der Waals surface area contributed by atoms with Gasteiger partial charge in [-0.15, -0.1) is 0 Å². The van der Waals surface area contributed by atoms with E-state index in [1.165, 1.54) is 36.3 Å². The van der Waals surface area contributed by atoms with Gasteiger partial charge in [0, 0.05) is 30.9 Å². The molecule has 0 radical (unpaired) electrons. The van der Waals surface area contributed by atoms with Crippen LogP contribution in [0.5, 0.6) is 0 Å². The van der Waals surface area contributed by atoms with E-state index in [-0.39, 0.29) is 5.54 Å². The van der Waals surface area contributed by atoms with Gasteiger partial charge in [-0.2, -0.15) is 0 Å². The SMILES string of the molecule is Cc1cc(CNC(C)(C)C)ccc1N1CC(C)CC(C)C1. The molecule has 2 heteroatoms. The average molecular weight is 288 g/mol. The van der Waals surface area contributed by atoms with Gasteiger partial charge in [-0.3, -0.25) is 0 Å². The van der Waals surface area contributed by atoms with Gasteiger partial charge in [-0.05, 0) is 63.1 Å². The molecule has 0 saturated carbocycles. The molecule has 1 aromatic rings. The van der Waals surface area contributed by atoms with Crippen LogP contribution in [0.15, 0.2) is 18.2 Å². The van der Waals surface area contributed by atoms with Crippen LogP contribution in [0.1, 0.15) is 52.2 Å². The van der Waals surface area contributed by atoms with Crippen molar-refractivity contribution in [2.45, 2.75) is 60.0 Å². The van der Waals surface area contributed by atoms with E-state index >= 15 is 0 Å². The van der Waals surface area contributed by atoms with Crippen LogP contribution in [-0.4, -0.2) is 18.6 Å². The maximum absolute atomic E-state index is 3.56. The maximum atomic E-state index is 3.56. The van der Waals surface area contributed by atoms with E-state index in [0.717, 1.165) is 18.4 Å². The smallest absolute Gasteiger partial charge is 0.0396 e. The fourth-order valence-electron chi connectivity index (χ4n) is 3.41. The summed E-state index contributed by atoms with van der Waals surface area (Å²) in [4.78, 5) is 2.58. The molecule has 2 atom stereocenters. The Hall–Kier alpha value is -1.02. The highest BCUT2D eigenvalue weighted by Gasteiger charge is 2.22. The summed E-state index contributed by atoms with van der Waals surface area (Å²) in [5.41, 5.74) is 4.38. The average Bonchev–Trinajstić information content (AvgIpc) is 2.34. The topological polar surface area (TPSA) is 15.3 Å². The van der Waals surface area contributed by atoms with Gasteiger partial charge in [-0.1, -0.05) is 26.0 Å². The highest BCUT2D eigenvalue weighted by atomic mass is 15.1. The zero-order chi connectivity index (χ0) is 15.6. The van der Waals surface area contributed by atoms with Crippen LogP contribution in [0.4, 0.5) is 5.69 Å². The number of rotatable bonds is 3. The Kier molecular flexibility index (Phi) is 4.98. The molecule has 1 saturated heterocycles. The lowest BCUT2D eigenvalue weighted by Gasteiger charge is -2.37. The Morgan fingerprint density at radius 1 is 1.14 bits per heavy atom. The van der Waals surface area contributed by atoms with Gasteiger partial charge in [0.25, 0.3) is 0 Å². The number of benzene rings is 1. The largest absolute Gasteiger partial charge is 0.371 e. The van der Waals surface area contributed by atoms with Crippen LogP contribution in [0, 0.1) is 18.8 Å². The predicted octanol–water partition coefficient (Wildman–Crippen LogP) is 4.37. The molecule has 1 aromatic carbocycles. The van der Waals surface area contributed by atoms with Gasteiger partial charge in [0.2, 0.25) is 0 Å². The fraction of sp³-hybridized carbons (Fsp3) is 0.684. The number of anilines is 1. The van der Waals surface area contributed by atoms with Crippen LogP contribution in [0.25, 0.3) is 0 Å². The van der Waals surface area contributed by atoms with Crippen LogP contribution in [-0.2, 0) is 6.54 Å². The summed E-state index contributed by atoms with van der Waals surface area (Å²) >= 11 is 0. The molecule has 1 heterocycles. The van der Waals surface area contributed by atoms with Crippen molar-refractivity contribution in [2.24, 2.45) is 11.8 Å². The molecule has 1 N–H and O–H groups in total. The molecule has 0 aliphatic carbocycles. The van der Waals surface area contributed by atoms with Gasteiger partial charge in [0.15, 0.2) is 0 Å². The minimum atomic E-state index is 0.171. The minimum Gasteiger partial charge on any atom is -0.371 e. The number of nitrogens with zero attached hydrogens (tertiary/aromatic N) is 1. The Balaban J connectivity index is 2.08. The van der Waals surface area contributed by atoms with Crippen molar-refractivity contribution in [2.75, 3.05) is 18.0 Å².